The van der Waals surface area contributed by atoms with Gasteiger partial charge in [0.15, 0.2) is 5.78 Å². The number of rotatable bonds is 4. The summed E-state index contributed by atoms with van der Waals surface area (Å²) in [6, 6.07) is 3.65. The molecule has 1 aromatic rings. The Labute approximate surface area is 85.7 Å². The van der Waals surface area contributed by atoms with Crippen LogP contribution in [0.15, 0.2) is 18.2 Å². The lowest BCUT2D eigenvalue weighted by molar-refractivity contribution is -0.134. The third-order valence-corrected chi connectivity index (χ3v) is 1.75. The number of hydrogen-bond donors (Lipinski definition) is 2. The molecule has 1 rings (SSSR count). The van der Waals surface area contributed by atoms with Gasteiger partial charge in [-0.2, -0.15) is 0 Å². The number of benzene rings is 1. The van der Waals surface area contributed by atoms with Crippen molar-refractivity contribution in [3.8, 4) is 0 Å². The highest BCUT2D eigenvalue weighted by atomic mass is 19.1. The van der Waals surface area contributed by atoms with Crippen molar-refractivity contribution in [1.82, 2.24) is 0 Å². The molecule has 5 heteroatoms. The summed E-state index contributed by atoms with van der Waals surface area (Å²) in [6.45, 7) is 0.997. The van der Waals surface area contributed by atoms with Crippen LogP contribution in [0.5, 0.6) is 0 Å². The van der Waals surface area contributed by atoms with E-state index in [1.165, 1.54) is 13.0 Å². The molecule has 4 nitrogen and oxygen atoms in total. The first-order valence-corrected chi connectivity index (χ1v) is 4.26. The molecule has 0 saturated heterocycles. The second-order valence-electron chi connectivity index (χ2n) is 3.03. The van der Waals surface area contributed by atoms with Crippen LogP contribution in [0.25, 0.3) is 0 Å². The zero-order chi connectivity index (χ0) is 11.4. The van der Waals surface area contributed by atoms with E-state index in [2.05, 4.69) is 5.32 Å². The molecule has 0 fully saturated rings. The summed E-state index contributed by atoms with van der Waals surface area (Å²) in [4.78, 5) is 21.2. The summed E-state index contributed by atoms with van der Waals surface area (Å²) >= 11 is 0. The van der Waals surface area contributed by atoms with Crippen molar-refractivity contribution in [1.29, 1.82) is 0 Å². The van der Waals surface area contributed by atoms with E-state index in [4.69, 9.17) is 5.11 Å². The summed E-state index contributed by atoms with van der Waals surface area (Å²) in [5.74, 6) is -1.90. The maximum Gasteiger partial charge on any atom is 0.322 e. The molecule has 0 aliphatic carbocycles. The number of nitrogens with one attached hydrogen (secondary N) is 1. The summed E-state index contributed by atoms with van der Waals surface area (Å²) in [5.41, 5.74) is 0.491. The molecule has 0 saturated carbocycles. The van der Waals surface area contributed by atoms with E-state index in [-0.39, 0.29) is 23.6 Å². The topological polar surface area (TPSA) is 66.4 Å². The first kappa shape index (κ1) is 11.2. The maximum atomic E-state index is 13.0. The van der Waals surface area contributed by atoms with Gasteiger partial charge in [0.25, 0.3) is 0 Å². The molecule has 80 valence electrons. The van der Waals surface area contributed by atoms with E-state index >= 15 is 0 Å². The summed E-state index contributed by atoms with van der Waals surface area (Å²) < 4.78 is 13.0. The molecule has 0 unspecified atom stereocenters. The Hall–Kier alpha value is -1.91. The lowest BCUT2D eigenvalue weighted by Crippen LogP contribution is -2.12. The van der Waals surface area contributed by atoms with Crippen molar-refractivity contribution >= 4 is 17.4 Å². The van der Waals surface area contributed by atoms with Crippen LogP contribution in [0, 0.1) is 5.82 Å². The molecule has 0 atom stereocenters. The molecular weight excluding hydrogens is 201 g/mol. The van der Waals surface area contributed by atoms with Gasteiger partial charge >= 0.3 is 5.97 Å². The van der Waals surface area contributed by atoms with Gasteiger partial charge in [-0.3, -0.25) is 9.59 Å². The van der Waals surface area contributed by atoms with Gasteiger partial charge in [-0.15, -0.1) is 0 Å². The summed E-state index contributed by atoms with van der Waals surface area (Å²) in [6.07, 6.45) is 0. The number of ketones is 1. The van der Waals surface area contributed by atoms with Crippen LogP contribution in [0.1, 0.15) is 17.3 Å². The third kappa shape index (κ3) is 3.38. The number of anilines is 1. The van der Waals surface area contributed by atoms with Gasteiger partial charge in [-0.25, -0.2) is 4.39 Å². The first-order valence-electron chi connectivity index (χ1n) is 4.26. The van der Waals surface area contributed by atoms with Gasteiger partial charge in [0.1, 0.15) is 12.4 Å². The van der Waals surface area contributed by atoms with Crippen molar-refractivity contribution in [2.75, 3.05) is 11.9 Å². The number of aliphatic carboxylic acids is 1. The molecule has 15 heavy (non-hydrogen) atoms. The van der Waals surface area contributed by atoms with Crippen molar-refractivity contribution in [3.63, 3.8) is 0 Å². The molecule has 0 aromatic heterocycles. The molecule has 0 bridgehead atoms. The van der Waals surface area contributed by atoms with Crippen LogP contribution < -0.4 is 5.32 Å². The number of carboxylic acids is 1. The predicted octanol–water partition coefficient (Wildman–Crippen LogP) is 1.52. The van der Waals surface area contributed by atoms with E-state index in [9.17, 15) is 14.0 Å². The maximum absolute atomic E-state index is 13.0. The Bertz CT molecular complexity index is 404. The molecular formula is C10H10FNO3. The fourth-order valence-corrected chi connectivity index (χ4v) is 1.07. The van der Waals surface area contributed by atoms with Gasteiger partial charge in [-0.05, 0) is 25.1 Å². The minimum atomic E-state index is -1.05. The van der Waals surface area contributed by atoms with Crippen LogP contribution in [-0.4, -0.2) is 23.4 Å². The summed E-state index contributed by atoms with van der Waals surface area (Å²) in [7, 11) is 0. The van der Waals surface area contributed by atoms with Gasteiger partial charge in [-0.1, -0.05) is 0 Å². The van der Waals surface area contributed by atoms with Gasteiger partial charge < -0.3 is 10.4 Å². The minimum Gasteiger partial charge on any atom is -0.480 e. The first-order chi connectivity index (χ1) is 6.99. The largest absolute Gasteiger partial charge is 0.480 e. The Kier molecular flexibility index (Phi) is 3.38. The highest BCUT2D eigenvalue weighted by Crippen LogP contribution is 2.14. The lowest BCUT2D eigenvalue weighted by atomic mass is 10.1. The van der Waals surface area contributed by atoms with Crippen molar-refractivity contribution < 1.29 is 19.1 Å². The lowest BCUT2D eigenvalue weighted by Gasteiger charge is -2.05. The molecule has 0 radical (unpaired) electrons. The molecule has 2 N–H and O–H groups in total. The number of carbonyl (C=O) groups excluding carboxylic acids is 1. The SMILES string of the molecule is CC(=O)c1cc(F)cc(NCC(=O)O)c1. The number of carbonyl (C=O) groups is 2. The van der Waals surface area contributed by atoms with Crippen LogP contribution in [0.4, 0.5) is 10.1 Å². The Morgan fingerprint density at radius 3 is 2.60 bits per heavy atom. The number of carboxylic acid groups (broad SMARTS) is 1. The Balaban J connectivity index is 2.88. The van der Waals surface area contributed by atoms with Crippen molar-refractivity contribution in [2.24, 2.45) is 0 Å². The van der Waals surface area contributed by atoms with E-state index < -0.39 is 11.8 Å². The Morgan fingerprint density at radius 2 is 2.07 bits per heavy atom. The average molecular weight is 211 g/mol. The van der Waals surface area contributed by atoms with E-state index in [1.807, 2.05) is 0 Å². The van der Waals surface area contributed by atoms with Crippen molar-refractivity contribution in [2.45, 2.75) is 6.92 Å². The summed E-state index contributed by atoms with van der Waals surface area (Å²) in [5, 5.41) is 10.9. The Morgan fingerprint density at radius 1 is 1.40 bits per heavy atom. The second kappa shape index (κ2) is 4.54. The minimum absolute atomic E-state index is 0.211. The zero-order valence-electron chi connectivity index (χ0n) is 8.08. The van der Waals surface area contributed by atoms with Gasteiger partial charge in [0.05, 0.1) is 0 Å². The number of hydrogen-bond acceptors (Lipinski definition) is 3. The molecule has 0 aliphatic heterocycles. The third-order valence-electron chi connectivity index (χ3n) is 1.75. The average Bonchev–Trinajstić information content (AvgIpc) is 2.13. The monoisotopic (exact) mass is 211 g/mol. The standard InChI is InChI=1S/C10H10FNO3/c1-6(13)7-2-8(11)4-9(3-7)12-5-10(14)15/h2-4,12H,5H2,1H3,(H,14,15). The van der Waals surface area contributed by atoms with E-state index in [1.54, 1.807) is 0 Å². The quantitative estimate of drug-likeness (QED) is 0.741. The van der Waals surface area contributed by atoms with Gasteiger partial charge in [0.2, 0.25) is 0 Å². The van der Waals surface area contributed by atoms with Crippen LogP contribution in [-0.2, 0) is 4.79 Å². The molecule has 1 aromatic carbocycles. The van der Waals surface area contributed by atoms with Crippen LogP contribution in [0.3, 0.4) is 0 Å². The zero-order valence-corrected chi connectivity index (χ0v) is 8.08. The van der Waals surface area contributed by atoms with E-state index in [0.717, 1.165) is 12.1 Å². The van der Waals surface area contributed by atoms with Crippen LogP contribution in [0.2, 0.25) is 0 Å². The highest BCUT2D eigenvalue weighted by Gasteiger charge is 2.05. The molecule has 0 aliphatic rings. The van der Waals surface area contributed by atoms with Crippen molar-refractivity contribution in [3.05, 3.63) is 29.6 Å². The second-order valence-corrected chi connectivity index (χ2v) is 3.03. The molecule has 0 amide bonds. The number of halogens is 1. The van der Waals surface area contributed by atoms with Crippen LogP contribution >= 0.6 is 0 Å². The normalized spacial score (nSPS) is 9.73. The molecule has 0 spiro atoms. The highest BCUT2D eigenvalue weighted by molar-refractivity contribution is 5.95. The van der Waals surface area contributed by atoms with E-state index in [0.29, 0.717) is 0 Å². The molecule has 0 heterocycles. The number of Topliss-reactive ketones (excluding diaryl/α,β-unsaturated/α-hetero) is 1. The smallest absolute Gasteiger partial charge is 0.322 e. The predicted molar refractivity (Wildman–Crippen MR) is 52.5 cm³/mol. The fourth-order valence-electron chi connectivity index (χ4n) is 1.07. The fraction of sp³-hybridized carbons (Fsp3) is 0.200. The van der Waals surface area contributed by atoms with Gasteiger partial charge in [0, 0.05) is 11.3 Å².